The van der Waals surface area contributed by atoms with Crippen molar-refractivity contribution in [2.75, 3.05) is 6.54 Å². The van der Waals surface area contributed by atoms with Crippen LogP contribution in [-0.2, 0) is 6.54 Å². The summed E-state index contributed by atoms with van der Waals surface area (Å²) in [4.78, 5) is 18.5. The Kier molecular flexibility index (Phi) is 3.41. The Morgan fingerprint density at radius 3 is 3.04 bits per heavy atom. The first-order chi connectivity index (χ1) is 11.2. The minimum Gasteiger partial charge on any atom is -0.358 e. The number of aromatic amines is 1. The van der Waals surface area contributed by atoms with Crippen LogP contribution in [0.3, 0.4) is 0 Å². The second kappa shape index (κ2) is 5.57. The molecule has 1 amide bonds. The number of para-hydroxylation sites is 1. The molecule has 4 rings (SSSR count). The molecule has 0 spiro atoms. The first-order valence-corrected chi connectivity index (χ1v) is 8.10. The van der Waals surface area contributed by atoms with E-state index in [-0.39, 0.29) is 11.9 Å². The highest BCUT2D eigenvalue weighted by molar-refractivity contribution is 6.08. The van der Waals surface area contributed by atoms with Gasteiger partial charge in [-0.2, -0.15) is 5.10 Å². The van der Waals surface area contributed by atoms with Crippen LogP contribution in [0.4, 0.5) is 0 Å². The quantitative estimate of drug-likeness (QED) is 0.808. The maximum Gasteiger partial charge on any atom is 0.256 e. The lowest BCUT2D eigenvalue weighted by molar-refractivity contribution is 0.0723. The lowest BCUT2D eigenvalue weighted by Crippen LogP contribution is -2.38. The molecule has 0 unspecified atom stereocenters. The highest BCUT2D eigenvalue weighted by Crippen LogP contribution is 2.27. The molecule has 3 aromatic rings. The average molecular weight is 308 g/mol. The Bertz CT molecular complexity index is 834. The van der Waals surface area contributed by atoms with Crippen molar-refractivity contribution in [1.82, 2.24) is 19.7 Å². The molecule has 0 radical (unpaired) electrons. The van der Waals surface area contributed by atoms with E-state index in [1.165, 1.54) is 0 Å². The summed E-state index contributed by atoms with van der Waals surface area (Å²) < 4.78 is 1.92. The lowest BCUT2D eigenvalue weighted by Gasteiger charge is -2.25. The van der Waals surface area contributed by atoms with Gasteiger partial charge in [-0.3, -0.25) is 9.48 Å². The molecule has 118 valence electrons. The summed E-state index contributed by atoms with van der Waals surface area (Å²) in [5, 5.41) is 5.29. The Balaban J connectivity index is 1.65. The standard InChI is InChI=1S/C18H20N4O/c1-13-17(15-7-2-3-8-16(15)20-13)18(23)22-11-4-6-14(22)12-21-10-5-9-19-21/h2-3,5,7-10,14,20H,4,6,11-12H2,1H3/t14-/m0/s1. The summed E-state index contributed by atoms with van der Waals surface area (Å²) in [5.74, 6) is 0.134. The lowest BCUT2D eigenvalue weighted by atomic mass is 10.1. The fourth-order valence-corrected chi connectivity index (χ4v) is 3.61. The average Bonchev–Trinajstić information content (AvgIpc) is 3.26. The zero-order chi connectivity index (χ0) is 15.8. The van der Waals surface area contributed by atoms with Crippen LogP contribution in [0, 0.1) is 6.92 Å². The highest BCUT2D eigenvalue weighted by atomic mass is 16.2. The minimum absolute atomic E-state index is 0.134. The van der Waals surface area contributed by atoms with Crippen molar-refractivity contribution < 1.29 is 4.79 Å². The zero-order valence-electron chi connectivity index (χ0n) is 13.2. The van der Waals surface area contributed by atoms with Gasteiger partial charge >= 0.3 is 0 Å². The molecule has 1 aliphatic rings. The normalized spacial score (nSPS) is 18.0. The summed E-state index contributed by atoms with van der Waals surface area (Å²) in [6.45, 7) is 3.57. The van der Waals surface area contributed by atoms with E-state index < -0.39 is 0 Å². The van der Waals surface area contributed by atoms with Crippen molar-refractivity contribution in [1.29, 1.82) is 0 Å². The second-order valence-electron chi connectivity index (χ2n) is 6.19. The first kappa shape index (κ1) is 14.1. The largest absolute Gasteiger partial charge is 0.358 e. The number of carbonyl (C=O) groups is 1. The topological polar surface area (TPSA) is 53.9 Å². The molecular formula is C18H20N4O. The number of benzene rings is 1. The molecule has 1 aliphatic heterocycles. The first-order valence-electron chi connectivity index (χ1n) is 8.10. The third-order valence-corrected chi connectivity index (χ3v) is 4.70. The van der Waals surface area contributed by atoms with Crippen molar-refractivity contribution in [3.05, 3.63) is 54.0 Å². The van der Waals surface area contributed by atoms with Gasteiger partial charge in [0.15, 0.2) is 0 Å². The number of hydrogen-bond donors (Lipinski definition) is 1. The van der Waals surface area contributed by atoms with E-state index in [4.69, 9.17) is 0 Å². The molecule has 23 heavy (non-hydrogen) atoms. The van der Waals surface area contributed by atoms with Crippen molar-refractivity contribution in [2.24, 2.45) is 0 Å². The van der Waals surface area contributed by atoms with Crippen LogP contribution in [0.2, 0.25) is 0 Å². The molecule has 1 atom stereocenters. The predicted molar refractivity (Wildman–Crippen MR) is 89.3 cm³/mol. The number of hydrogen-bond acceptors (Lipinski definition) is 2. The molecular weight excluding hydrogens is 288 g/mol. The number of likely N-dealkylation sites (tertiary alicyclic amines) is 1. The van der Waals surface area contributed by atoms with Crippen LogP contribution >= 0.6 is 0 Å². The van der Waals surface area contributed by atoms with Crippen LogP contribution in [0.15, 0.2) is 42.7 Å². The van der Waals surface area contributed by atoms with Crippen LogP contribution in [0.25, 0.3) is 10.9 Å². The van der Waals surface area contributed by atoms with Gasteiger partial charge in [0.2, 0.25) is 0 Å². The van der Waals surface area contributed by atoms with Gasteiger partial charge in [-0.05, 0) is 31.9 Å². The molecule has 1 fully saturated rings. The summed E-state index contributed by atoms with van der Waals surface area (Å²) in [6, 6.07) is 10.1. The van der Waals surface area contributed by atoms with Crippen molar-refractivity contribution in [3.63, 3.8) is 0 Å². The number of fused-ring (bicyclic) bond motifs is 1. The number of aryl methyl sites for hydroxylation is 1. The predicted octanol–water partition coefficient (Wildman–Crippen LogP) is 2.98. The third kappa shape index (κ3) is 2.42. The van der Waals surface area contributed by atoms with Crippen LogP contribution in [0.1, 0.15) is 28.9 Å². The summed E-state index contributed by atoms with van der Waals surface area (Å²) in [6.07, 6.45) is 5.83. The number of aromatic nitrogens is 3. The Morgan fingerprint density at radius 1 is 1.35 bits per heavy atom. The van der Waals surface area contributed by atoms with Crippen LogP contribution in [0.5, 0.6) is 0 Å². The molecule has 0 bridgehead atoms. The maximum absolute atomic E-state index is 13.2. The van der Waals surface area contributed by atoms with Gasteiger partial charge in [0.05, 0.1) is 18.2 Å². The Labute approximate surface area is 134 Å². The van der Waals surface area contributed by atoms with E-state index in [0.717, 1.165) is 48.1 Å². The SMILES string of the molecule is Cc1[nH]c2ccccc2c1C(=O)N1CCC[C@H]1Cn1cccn1. The summed E-state index contributed by atoms with van der Waals surface area (Å²) >= 11 is 0. The monoisotopic (exact) mass is 308 g/mol. The summed E-state index contributed by atoms with van der Waals surface area (Å²) in [7, 11) is 0. The summed E-state index contributed by atoms with van der Waals surface area (Å²) in [5.41, 5.74) is 2.78. The van der Waals surface area contributed by atoms with Gasteiger partial charge in [0, 0.05) is 35.5 Å². The number of amides is 1. The van der Waals surface area contributed by atoms with Gasteiger partial charge in [-0.25, -0.2) is 0 Å². The number of nitrogens with one attached hydrogen (secondary N) is 1. The van der Waals surface area contributed by atoms with Crippen molar-refractivity contribution in [3.8, 4) is 0 Å². The molecule has 3 heterocycles. The molecule has 0 saturated carbocycles. The highest BCUT2D eigenvalue weighted by Gasteiger charge is 2.31. The molecule has 1 aromatic carbocycles. The fourth-order valence-electron chi connectivity index (χ4n) is 3.61. The number of nitrogens with zero attached hydrogens (tertiary/aromatic N) is 3. The van der Waals surface area contributed by atoms with Gasteiger partial charge in [-0.1, -0.05) is 18.2 Å². The third-order valence-electron chi connectivity index (χ3n) is 4.70. The van der Waals surface area contributed by atoms with Gasteiger partial charge in [0.1, 0.15) is 0 Å². The second-order valence-corrected chi connectivity index (χ2v) is 6.19. The van der Waals surface area contributed by atoms with Crippen LogP contribution in [-0.4, -0.2) is 38.2 Å². The molecule has 1 N–H and O–H groups in total. The minimum atomic E-state index is 0.134. The fraction of sp³-hybridized carbons (Fsp3) is 0.333. The van der Waals surface area contributed by atoms with Gasteiger partial charge in [-0.15, -0.1) is 0 Å². The van der Waals surface area contributed by atoms with E-state index >= 15 is 0 Å². The molecule has 5 nitrogen and oxygen atoms in total. The number of rotatable bonds is 3. The Hall–Kier alpha value is -2.56. The molecule has 5 heteroatoms. The van der Waals surface area contributed by atoms with Gasteiger partial charge < -0.3 is 9.88 Å². The van der Waals surface area contributed by atoms with E-state index in [1.807, 2.05) is 53.0 Å². The van der Waals surface area contributed by atoms with Gasteiger partial charge in [0.25, 0.3) is 5.91 Å². The molecule has 1 saturated heterocycles. The van der Waals surface area contributed by atoms with Crippen molar-refractivity contribution in [2.45, 2.75) is 32.4 Å². The maximum atomic E-state index is 13.2. The van der Waals surface area contributed by atoms with E-state index in [9.17, 15) is 4.79 Å². The number of carbonyl (C=O) groups excluding carboxylic acids is 1. The smallest absolute Gasteiger partial charge is 0.256 e. The Morgan fingerprint density at radius 2 is 2.22 bits per heavy atom. The van der Waals surface area contributed by atoms with Crippen molar-refractivity contribution >= 4 is 16.8 Å². The number of H-pyrrole nitrogens is 1. The van der Waals surface area contributed by atoms with Crippen LogP contribution < -0.4 is 0 Å². The van der Waals surface area contributed by atoms with E-state index in [0.29, 0.717) is 0 Å². The molecule has 2 aromatic heterocycles. The molecule has 0 aliphatic carbocycles. The van der Waals surface area contributed by atoms with E-state index in [2.05, 4.69) is 10.1 Å². The zero-order valence-corrected chi connectivity index (χ0v) is 13.2. The van der Waals surface area contributed by atoms with E-state index in [1.54, 1.807) is 6.20 Å².